The number of aromatic nitrogens is 3. The SMILES string of the molecule is C[C@H](Nc1ccc2[nH]c(=O)oc2n1)c1cc2cc(Cl)ccc2[nH]c1=O. The highest BCUT2D eigenvalue weighted by atomic mass is 35.5. The summed E-state index contributed by atoms with van der Waals surface area (Å²) in [6, 6.07) is 10.2. The Morgan fingerprint density at radius 3 is 2.76 bits per heavy atom. The van der Waals surface area contributed by atoms with Gasteiger partial charge in [0.2, 0.25) is 0 Å². The summed E-state index contributed by atoms with van der Waals surface area (Å²) in [6.07, 6.45) is 0. The highest BCUT2D eigenvalue weighted by molar-refractivity contribution is 6.31. The molecule has 4 rings (SSSR count). The van der Waals surface area contributed by atoms with Crippen LogP contribution in [0.4, 0.5) is 5.82 Å². The molecule has 0 fully saturated rings. The Morgan fingerprint density at radius 2 is 1.92 bits per heavy atom. The van der Waals surface area contributed by atoms with Crippen molar-refractivity contribution in [3.8, 4) is 0 Å². The van der Waals surface area contributed by atoms with E-state index < -0.39 is 5.76 Å². The molecule has 0 radical (unpaired) electrons. The van der Waals surface area contributed by atoms with Gasteiger partial charge in [-0.25, -0.2) is 4.79 Å². The van der Waals surface area contributed by atoms with E-state index >= 15 is 0 Å². The van der Waals surface area contributed by atoms with E-state index in [1.54, 1.807) is 36.4 Å². The lowest BCUT2D eigenvalue weighted by Crippen LogP contribution is -2.19. The van der Waals surface area contributed by atoms with Crippen LogP contribution in [-0.4, -0.2) is 15.0 Å². The Hall–Kier alpha value is -3.06. The second kappa shape index (κ2) is 5.78. The number of nitrogens with zero attached hydrogens (tertiary/aromatic N) is 1. The van der Waals surface area contributed by atoms with Crippen LogP contribution in [0.1, 0.15) is 18.5 Å². The minimum absolute atomic E-state index is 0.191. The fourth-order valence-electron chi connectivity index (χ4n) is 2.73. The van der Waals surface area contributed by atoms with Crippen LogP contribution < -0.4 is 16.6 Å². The molecule has 0 spiro atoms. The number of hydrogen-bond donors (Lipinski definition) is 3. The molecule has 0 saturated carbocycles. The molecule has 126 valence electrons. The summed E-state index contributed by atoms with van der Waals surface area (Å²) in [6.45, 7) is 1.85. The van der Waals surface area contributed by atoms with Gasteiger partial charge < -0.3 is 14.7 Å². The van der Waals surface area contributed by atoms with Gasteiger partial charge in [-0.05, 0) is 43.3 Å². The van der Waals surface area contributed by atoms with Gasteiger partial charge in [0.25, 0.3) is 11.3 Å². The van der Waals surface area contributed by atoms with Crippen molar-refractivity contribution < 1.29 is 4.42 Å². The fourth-order valence-corrected chi connectivity index (χ4v) is 2.91. The molecule has 0 aliphatic carbocycles. The van der Waals surface area contributed by atoms with Crippen molar-refractivity contribution in [1.29, 1.82) is 0 Å². The molecule has 1 aromatic carbocycles. The van der Waals surface area contributed by atoms with E-state index in [4.69, 9.17) is 16.0 Å². The zero-order chi connectivity index (χ0) is 17.6. The van der Waals surface area contributed by atoms with E-state index in [-0.39, 0.29) is 17.3 Å². The standard InChI is InChI=1S/C17H13ClN4O3/c1-8(19-14-5-4-13-16(22-14)25-17(24)21-13)11-7-9-6-10(18)2-3-12(9)20-15(11)23/h2-8H,1H3,(H,19,22)(H,20,23)(H,21,24)/t8-/m0/s1. The van der Waals surface area contributed by atoms with Crippen LogP contribution >= 0.6 is 11.6 Å². The molecule has 3 aromatic heterocycles. The average molecular weight is 357 g/mol. The van der Waals surface area contributed by atoms with Gasteiger partial charge in [0, 0.05) is 21.5 Å². The normalized spacial score (nSPS) is 12.6. The number of halogens is 1. The molecule has 0 aliphatic rings. The van der Waals surface area contributed by atoms with Gasteiger partial charge in [-0.15, -0.1) is 0 Å². The summed E-state index contributed by atoms with van der Waals surface area (Å²) in [5, 5.41) is 4.58. The molecule has 0 saturated heterocycles. The second-order valence-corrected chi connectivity index (χ2v) is 6.15. The first kappa shape index (κ1) is 15.5. The number of benzene rings is 1. The molecule has 25 heavy (non-hydrogen) atoms. The van der Waals surface area contributed by atoms with E-state index in [9.17, 15) is 9.59 Å². The van der Waals surface area contributed by atoms with Crippen molar-refractivity contribution in [2.24, 2.45) is 0 Å². The van der Waals surface area contributed by atoms with Gasteiger partial charge in [0.05, 0.1) is 6.04 Å². The van der Waals surface area contributed by atoms with Crippen molar-refractivity contribution in [2.75, 3.05) is 5.32 Å². The molecule has 8 heteroatoms. The first-order valence-electron chi connectivity index (χ1n) is 7.58. The molecule has 0 aliphatic heterocycles. The lowest BCUT2D eigenvalue weighted by molar-refractivity contribution is 0.546. The number of pyridine rings is 2. The van der Waals surface area contributed by atoms with Crippen molar-refractivity contribution >= 4 is 39.6 Å². The first-order valence-corrected chi connectivity index (χ1v) is 7.96. The number of aromatic amines is 2. The Balaban J connectivity index is 1.70. The van der Waals surface area contributed by atoms with E-state index in [1.807, 2.05) is 6.92 Å². The molecule has 3 heterocycles. The van der Waals surface area contributed by atoms with Gasteiger partial charge in [0.1, 0.15) is 11.3 Å². The Morgan fingerprint density at radius 1 is 1.12 bits per heavy atom. The molecule has 0 bridgehead atoms. The van der Waals surface area contributed by atoms with Gasteiger partial charge in [-0.1, -0.05) is 11.6 Å². The monoisotopic (exact) mass is 356 g/mol. The summed E-state index contributed by atoms with van der Waals surface area (Å²) < 4.78 is 4.95. The molecule has 0 unspecified atom stereocenters. The van der Waals surface area contributed by atoms with Crippen molar-refractivity contribution in [3.05, 3.63) is 67.9 Å². The quantitative estimate of drug-likeness (QED) is 0.523. The molecule has 3 N–H and O–H groups in total. The molecule has 0 amide bonds. The molecule has 7 nitrogen and oxygen atoms in total. The van der Waals surface area contributed by atoms with Crippen molar-refractivity contribution in [1.82, 2.24) is 15.0 Å². The van der Waals surface area contributed by atoms with Crippen LogP contribution in [0.3, 0.4) is 0 Å². The van der Waals surface area contributed by atoms with E-state index in [1.165, 1.54) is 0 Å². The minimum atomic E-state index is -0.560. The maximum atomic E-state index is 12.4. The van der Waals surface area contributed by atoms with Crippen molar-refractivity contribution in [2.45, 2.75) is 13.0 Å². The zero-order valence-corrected chi connectivity index (χ0v) is 13.8. The second-order valence-electron chi connectivity index (χ2n) is 5.72. The molecule has 4 aromatic rings. The Kier molecular flexibility index (Phi) is 3.58. The number of fused-ring (bicyclic) bond motifs is 2. The summed E-state index contributed by atoms with van der Waals surface area (Å²) in [5.41, 5.74) is 1.80. The summed E-state index contributed by atoms with van der Waals surface area (Å²) in [7, 11) is 0. The largest absolute Gasteiger partial charge is 0.418 e. The highest BCUT2D eigenvalue weighted by Gasteiger charge is 2.13. The van der Waals surface area contributed by atoms with Gasteiger partial charge in [-0.3, -0.25) is 9.78 Å². The zero-order valence-electron chi connectivity index (χ0n) is 13.1. The number of anilines is 1. The maximum absolute atomic E-state index is 12.4. The van der Waals surface area contributed by atoms with Gasteiger partial charge >= 0.3 is 5.76 Å². The number of oxazole rings is 1. The predicted molar refractivity (Wildman–Crippen MR) is 96.2 cm³/mol. The Bertz CT molecular complexity index is 1210. The lowest BCUT2D eigenvalue weighted by Gasteiger charge is -2.14. The number of nitrogens with one attached hydrogen (secondary N) is 3. The summed E-state index contributed by atoms with van der Waals surface area (Å²) in [4.78, 5) is 33.1. The van der Waals surface area contributed by atoms with Crippen LogP contribution in [0.15, 0.2) is 50.4 Å². The average Bonchev–Trinajstić information content (AvgIpc) is 2.93. The minimum Gasteiger partial charge on any atom is -0.389 e. The molecule has 1 atom stereocenters. The highest BCUT2D eigenvalue weighted by Crippen LogP contribution is 2.22. The van der Waals surface area contributed by atoms with Crippen molar-refractivity contribution in [3.63, 3.8) is 0 Å². The molecular weight excluding hydrogens is 344 g/mol. The third-order valence-electron chi connectivity index (χ3n) is 3.95. The number of H-pyrrole nitrogens is 2. The van der Waals surface area contributed by atoms with Gasteiger partial charge in [0.15, 0.2) is 0 Å². The number of rotatable bonds is 3. The first-order chi connectivity index (χ1) is 12.0. The van der Waals surface area contributed by atoms with Crippen LogP contribution in [0, 0.1) is 0 Å². The smallest absolute Gasteiger partial charge is 0.389 e. The van der Waals surface area contributed by atoms with Crippen LogP contribution in [0.2, 0.25) is 5.02 Å². The number of hydrogen-bond acceptors (Lipinski definition) is 5. The third kappa shape index (κ3) is 2.89. The van der Waals surface area contributed by atoms with Gasteiger partial charge in [-0.2, -0.15) is 4.98 Å². The van der Waals surface area contributed by atoms with Crippen LogP contribution in [0.5, 0.6) is 0 Å². The molecular formula is C17H13ClN4O3. The maximum Gasteiger partial charge on any atom is 0.418 e. The van der Waals surface area contributed by atoms with E-state index in [0.717, 1.165) is 10.9 Å². The van der Waals surface area contributed by atoms with E-state index in [0.29, 0.717) is 21.9 Å². The summed E-state index contributed by atoms with van der Waals surface area (Å²) in [5.74, 6) is -0.0658. The summed E-state index contributed by atoms with van der Waals surface area (Å²) >= 11 is 6.02. The predicted octanol–water partition coefficient (Wildman–Crippen LogP) is 3.18. The fraction of sp³-hybridized carbons (Fsp3) is 0.118. The third-order valence-corrected chi connectivity index (χ3v) is 4.19. The van der Waals surface area contributed by atoms with E-state index in [2.05, 4.69) is 20.3 Å². The van der Waals surface area contributed by atoms with Crippen LogP contribution in [-0.2, 0) is 0 Å². The lowest BCUT2D eigenvalue weighted by atomic mass is 10.1. The Labute approximate surface area is 145 Å². The van der Waals surface area contributed by atoms with Crippen LogP contribution in [0.25, 0.3) is 22.1 Å². The topological polar surface area (TPSA) is 104 Å².